The molecule has 0 aliphatic carbocycles. The van der Waals surface area contributed by atoms with Gasteiger partial charge in [-0.1, -0.05) is 0 Å². The van der Waals surface area contributed by atoms with E-state index < -0.39 is 0 Å². The van der Waals surface area contributed by atoms with Gasteiger partial charge in [0, 0.05) is 36.7 Å². The molecule has 0 radical (unpaired) electrons. The van der Waals surface area contributed by atoms with Gasteiger partial charge in [-0.05, 0) is 43.2 Å². The van der Waals surface area contributed by atoms with E-state index in [1.165, 1.54) is 0 Å². The molecule has 3 N–H and O–H groups in total. The first-order valence-corrected chi connectivity index (χ1v) is 8.52. The number of pyridine rings is 1. The molecule has 9 heteroatoms. The van der Waals surface area contributed by atoms with Crippen molar-refractivity contribution in [2.24, 2.45) is 5.92 Å². The summed E-state index contributed by atoms with van der Waals surface area (Å²) in [5, 5.41) is 2.88. The molecule has 2 heterocycles. The van der Waals surface area contributed by atoms with Gasteiger partial charge in [-0.3, -0.25) is 14.6 Å². The van der Waals surface area contributed by atoms with Crippen molar-refractivity contribution in [3.8, 4) is 5.75 Å². The van der Waals surface area contributed by atoms with Crippen LogP contribution in [-0.4, -0.2) is 41.9 Å². The number of carbonyl (C=O) groups is 2. The fourth-order valence-electron chi connectivity index (χ4n) is 3.11. The number of anilines is 2. The Morgan fingerprint density at radius 3 is 2.57 bits per heavy atom. The van der Waals surface area contributed by atoms with E-state index in [-0.39, 0.29) is 42.5 Å². The van der Waals surface area contributed by atoms with E-state index in [1.54, 1.807) is 54.7 Å². The van der Waals surface area contributed by atoms with E-state index in [2.05, 4.69) is 10.3 Å². The van der Waals surface area contributed by atoms with Crippen molar-refractivity contribution < 1.29 is 14.3 Å². The summed E-state index contributed by atoms with van der Waals surface area (Å²) in [6.07, 6.45) is 4.72. The van der Waals surface area contributed by atoms with Gasteiger partial charge in [0.25, 0.3) is 5.91 Å². The Bertz CT molecular complexity index is 805. The van der Waals surface area contributed by atoms with Gasteiger partial charge in [-0.15, -0.1) is 24.8 Å². The molecule has 1 aromatic heterocycles. The minimum absolute atomic E-state index is 0. The number of rotatable bonds is 4. The van der Waals surface area contributed by atoms with E-state index in [0.29, 0.717) is 35.8 Å². The summed E-state index contributed by atoms with van der Waals surface area (Å²) < 4.78 is 5.12. The number of halogens is 2. The molecule has 3 rings (SSSR count). The van der Waals surface area contributed by atoms with Crippen LogP contribution in [0.25, 0.3) is 0 Å². The van der Waals surface area contributed by atoms with E-state index in [4.69, 9.17) is 10.5 Å². The molecule has 1 saturated heterocycles. The number of likely N-dealkylation sites (tertiary alicyclic amines) is 1. The van der Waals surface area contributed by atoms with Crippen molar-refractivity contribution in [2.45, 2.75) is 12.8 Å². The van der Waals surface area contributed by atoms with Crippen LogP contribution in [0, 0.1) is 5.92 Å². The highest BCUT2D eigenvalue weighted by molar-refractivity contribution is 5.96. The average molecular weight is 427 g/mol. The van der Waals surface area contributed by atoms with Crippen molar-refractivity contribution in [2.75, 3.05) is 31.2 Å². The van der Waals surface area contributed by atoms with Crippen LogP contribution in [0.1, 0.15) is 23.2 Å². The Kier molecular flexibility index (Phi) is 9.02. The smallest absolute Gasteiger partial charge is 0.253 e. The predicted octanol–water partition coefficient (Wildman–Crippen LogP) is 3.01. The lowest BCUT2D eigenvalue weighted by Gasteiger charge is -2.32. The SMILES string of the molecule is COc1ccc(NC(=O)C2CCCN(C(=O)c3ccncc3)C2)cc1N.Cl.Cl. The third-order valence-electron chi connectivity index (χ3n) is 4.50. The molecule has 152 valence electrons. The number of nitrogens with one attached hydrogen (secondary N) is 1. The second-order valence-electron chi connectivity index (χ2n) is 6.27. The number of nitrogen functional groups attached to an aromatic ring is 1. The van der Waals surface area contributed by atoms with E-state index in [1.807, 2.05) is 0 Å². The highest BCUT2D eigenvalue weighted by Gasteiger charge is 2.29. The quantitative estimate of drug-likeness (QED) is 0.732. The summed E-state index contributed by atoms with van der Waals surface area (Å²) in [4.78, 5) is 30.8. The van der Waals surface area contributed by atoms with Crippen LogP contribution < -0.4 is 15.8 Å². The molecular weight excluding hydrogens is 403 g/mol. The fraction of sp³-hybridized carbons (Fsp3) is 0.316. The molecule has 1 unspecified atom stereocenters. The van der Waals surface area contributed by atoms with Gasteiger partial charge >= 0.3 is 0 Å². The van der Waals surface area contributed by atoms with Crippen molar-refractivity contribution in [1.82, 2.24) is 9.88 Å². The number of aromatic nitrogens is 1. The van der Waals surface area contributed by atoms with Crippen LogP contribution in [0.2, 0.25) is 0 Å². The van der Waals surface area contributed by atoms with Gasteiger partial charge in [-0.2, -0.15) is 0 Å². The number of hydrogen-bond donors (Lipinski definition) is 2. The first-order chi connectivity index (χ1) is 12.6. The van der Waals surface area contributed by atoms with Crippen LogP contribution in [0.15, 0.2) is 42.7 Å². The highest BCUT2D eigenvalue weighted by atomic mass is 35.5. The minimum Gasteiger partial charge on any atom is -0.495 e. The number of ether oxygens (including phenoxy) is 1. The third kappa shape index (κ3) is 5.50. The lowest BCUT2D eigenvalue weighted by atomic mass is 9.96. The van der Waals surface area contributed by atoms with Crippen LogP contribution in [0.3, 0.4) is 0 Å². The van der Waals surface area contributed by atoms with Gasteiger partial charge in [0.15, 0.2) is 0 Å². The monoisotopic (exact) mass is 426 g/mol. The average Bonchev–Trinajstić information content (AvgIpc) is 2.68. The van der Waals surface area contributed by atoms with Gasteiger partial charge in [-0.25, -0.2) is 0 Å². The predicted molar refractivity (Wildman–Crippen MR) is 113 cm³/mol. The van der Waals surface area contributed by atoms with E-state index in [0.717, 1.165) is 12.8 Å². The molecule has 7 nitrogen and oxygen atoms in total. The Labute approximate surface area is 176 Å². The number of nitrogens with two attached hydrogens (primary N) is 1. The number of hydrogen-bond acceptors (Lipinski definition) is 5. The number of carbonyl (C=O) groups excluding carboxylic acids is 2. The summed E-state index contributed by atoms with van der Waals surface area (Å²) >= 11 is 0. The summed E-state index contributed by atoms with van der Waals surface area (Å²) in [6.45, 7) is 1.05. The first kappa shape index (κ1) is 23.5. The zero-order valence-corrected chi connectivity index (χ0v) is 17.1. The lowest BCUT2D eigenvalue weighted by molar-refractivity contribution is -0.121. The third-order valence-corrected chi connectivity index (χ3v) is 4.50. The summed E-state index contributed by atoms with van der Waals surface area (Å²) in [6, 6.07) is 8.50. The Morgan fingerprint density at radius 1 is 1.21 bits per heavy atom. The summed E-state index contributed by atoms with van der Waals surface area (Å²) in [7, 11) is 1.54. The molecule has 2 aromatic rings. The number of piperidine rings is 1. The molecule has 1 atom stereocenters. The maximum atomic E-state index is 12.6. The van der Waals surface area contributed by atoms with Gasteiger partial charge in [0.2, 0.25) is 5.91 Å². The van der Waals surface area contributed by atoms with Gasteiger partial charge in [0.05, 0.1) is 18.7 Å². The number of nitrogens with zero attached hydrogens (tertiary/aromatic N) is 2. The van der Waals surface area contributed by atoms with E-state index >= 15 is 0 Å². The lowest BCUT2D eigenvalue weighted by Crippen LogP contribution is -2.43. The normalized spacial score (nSPS) is 15.6. The number of methoxy groups -OCH3 is 1. The second-order valence-corrected chi connectivity index (χ2v) is 6.27. The fourth-order valence-corrected chi connectivity index (χ4v) is 3.11. The largest absolute Gasteiger partial charge is 0.495 e. The molecule has 1 aliphatic heterocycles. The number of amides is 2. The molecule has 2 amide bonds. The minimum atomic E-state index is -0.252. The zero-order chi connectivity index (χ0) is 18.5. The van der Waals surface area contributed by atoms with Crippen molar-refractivity contribution in [3.05, 3.63) is 48.3 Å². The van der Waals surface area contributed by atoms with Crippen LogP contribution >= 0.6 is 24.8 Å². The Hall–Kier alpha value is -2.51. The summed E-state index contributed by atoms with van der Waals surface area (Å²) in [5.41, 5.74) is 7.54. The summed E-state index contributed by atoms with van der Waals surface area (Å²) in [5.74, 6) is 0.132. The maximum Gasteiger partial charge on any atom is 0.253 e. The molecule has 0 spiro atoms. The number of benzene rings is 1. The first-order valence-electron chi connectivity index (χ1n) is 8.52. The molecule has 1 fully saturated rings. The molecule has 28 heavy (non-hydrogen) atoms. The zero-order valence-electron chi connectivity index (χ0n) is 15.5. The second kappa shape index (κ2) is 10.7. The van der Waals surface area contributed by atoms with Crippen LogP contribution in [-0.2, 0) is 4.79 Å². The Balaban J connectivity index is 0.00000196. The molecule has 1 aliphatic rings. The topological polar surface area (TPSA) is 97.5 Å². The molecule has 0 bridgehead atoms. The Morgan fingerprint density at radius 2 is 1.93 bits per heavy atom. The van der Waals surface area contributed by atoms with Crippen molar-refractivity contribution in [3.63, 3.8) is 0 Å². The van der Waals surface area contributed by atoms with Crippen LogP contribution in [0.4, 0.5) is 11.4 Å². The van der Waals surface area contributed by atoms with Crippen LogP contribution in [0.5, 0.6) is 5.75 Å². The molecular formula is C19H24Cl2N4O3. The highest BCUT2D eigenvalue weighted by Crippen LogP contribution is 2.26. The molecule has 1 aromatic carbocycles. The van der Waals surface area contributed by atoms with Gasteiger partial charge in [0.1, 0.15) is 5.75 Å². The van der Waals surface area contributed by atoms with E-state index in [9.17, 15) is 9.59 Å². The van der Waals surface area contributed by atoms with Gasteiger partial charge < -0.3 is 20.7 Å². The maximum absolute atomic E-state index is 12.6. The molecule has 0 saturated carbocycles. The van der Waals surface area contributed by atoms with Crippen molar-refractivity contribution >= 4 is 48.0 Å². The standard InChI is InChI=1S/C19H22N4O3.2ClH/c1-26-17-5-4-15(11-16(17)20)22-18(24)14-3-2-10-23(12-14)19(25)13-6-8-21-9-7-13;;/h4-9,11,14H,2-3,10,12,20H2,1H3,(H,22,24);2*1H. The van der Waals surface area contributed by atoms with Crippen molar-refractivity contribution in [1.29, 1.82) is 0 Å².